The van der Waals surface area contributed by atoms with E-state index in [2.05, 4.69) is 34.5 Å². The van der Waals surface area contributed by atoms with Crippen LogP contribution >= 0.6 is 0 Å². The third-order valence-corrected chi connectivity index (χ3v) is 7.26. The fraction of sp³-hybridized carbons (Fsp3) is 0.200. The highest BCUT2D eigenvalue weighted by molar-refractivity contribution is 5.80. The summed E-state index contributed by atoms with van der Waals surface area (Å²) >= 11 is 0. The molecule has 0 saturated carbocycles. The van der Waals surface area contributed by atoms with Crippen LogP contribution in [0, 0.1) is 0 Å². The van der Waals surface area contributed by atoms with Crippen LogP contribution in [0.1, 0.15) is 36.1 Å². The molecule has 0 heterocycles. The van der Waals surface area contributed by atoms with Gasteiger partial charge in [0.05, 0.1) is 11.4 Å². The van der Waals surface area contributed by atoms with E-state index in [1.54, 1.807) is 24.3 Å². The monoisotopic (exact) mass is 636 g/mol. The van der Waals surface area contributed by atoms with Crippen LogP contribution in [-0.4, -0.2) is 36.9 Å². The van der Waals surface area contributed by atoms with Crippen molar-refractivity contribution in [1.82, 2.24) is 10.6 Å². The molecule has 0 aliphatic rings. The van der Waals surface area contributed by atoms with E-state index < -0.39 is 0 Å². The van der Waals surface area contributed by atoms with Gasteiger partial charge in [-0.15, -0.1) is 0 Å². The van der Waals surface area contributed by atoms with E-state index >= 15 is 0 Å². The van der Waals surface area contributed by atoms with Crippen LogP contribution in [0.4, 0.5) is 11.4 Å². The number of nitrogens with one attached hydrogen (secondary N) is 2. The number of benzene rings is 4. The van der Waals surface area contributed by atoms with Gasteiger partial charge in [0.2, 0.25) is 0 Å². The third-order valence-electron chi connectivity index (χ3n) is 7.26. The molecule has 0 fully saturated rings. The first-order valence-corrected chi connectivity index (χ1v) is 14.8. The second-order valence-corrected chi connectivity index (χ2v) is 11.2. The molecule has 0 saturated heterocycles. The van der Waals surface area contributed by atoms with Gasteiger partial charge >= 0.3 is 0 Å². The Morgan fingerprint density at radius 2 is 0.915 bits per heavy atom. The molecule has 10 N–H and O–H groups in total. The van der Waals surface area contributed by atoms with Gasteiger partial charge in [-0.3, -0.25) is 9.59 Å². The molecule has 0 unspecified atom stereocenters. The van der Waals surface area contributed by atoms with Gasteiger partial charge in [-0.25, -0.2) is 9.98 Å². The smallest absolute Gasteiger partial charge is 0.258 e. The minimum atomic E-state index is -0.320. The number of hydrogen-bond acceptors (Lipinski definition) is 6. The van der Waals surface area contributed by atoms with Crippen molar-refractivity contribution >= 4 is 35.1 Å². The number of nitrogens with zero attached hydrogens (tertiary/aromatic N) is 2. The average Bonchev–Trinajstić information content (AvgIpc) is 3.05. The van der Waals surface area contributed by atoms with Crippen LogP contribution in [0.25, 0.3) is 0 Å². The van der Waals surface area contributed by atoms with Gasteiger partial charge in [-0.05, 0) is 70.8 Å². The number of guanidine groups is 2. The number of nitrogens with two attached hydrogens (primary N) is 4. The lowest BCUT2D eigenvalue weighted by Crippen LogP contribution is -2.28. The van der Waals surface area contributed by atoms with E-state index in [9.17, 15) is 9.59 Å². The Morgan fingerprint density at radius 1 is 0.574 bits per heavy atom. The second-order valence-electron chi connectivity index (χ2n) is 11.2. The van der Waals surface area contributed by atoms with Gasteiger partial charge in [0.15, 0.2) is 25.1 Å². The molecule has 12 nitrogen and oxygen atoms in total. The topological polar surface area (TPSA) is 205 Å². The zero-order valence-electron chi connectivity index (χ0n) is 26.4. The van der Waals surface area contributed by atoms with Gasteiger partial charge in [-0.2, -0.15) is 0 Å². The van der Waals surface area contributed by atoms with Gasteiger partial charge in [0.1, 0.15) is 11.5 Å². The summed E-state index contributed by atoms with van der Waals surface area (Å²) in [6.45, 7) is 4.73. The van der Waals surface area contributed by atoms with Crippen LogP contribution in [-0.2, 0) is 28.1 Å². The van der Waals surface area contributed by atoms with Crippen molar-refractivity contribution in [3.63, 3.8) is 0 Å². The maximum atomic E-state index is 12.3. The molecular formula is C35H40N8O4. The number of ether oxygens (including phenoxy) is 2. The number of amides is 2. The van der Waals surface area contributed by atoms with E-state index in [-0.39, 0.29) is 42.4 Å². The summed E-state index contributed by atoms with van der Waals surface area (Å²) in [5.74, 6) is 0.678. The molecule has 12 heteroatoms. The summed E-state index contributed by atoms with van der Waals surface area (Å²) in [4.78, 5) is 32.6. The highest BCUT2D eigenvalue weighted by atomic mass is 16.5. The Balaban J connectivity index is 1.21. The largest absolute Gasteiger partial charge is 0.484 e. The summed E-state index contributed by atoms with van der Waals surface area (Å²) in [5, 5.41) is 5.67. The fourth-order valence-electron chi connectivity index (χ4n) is 4.58. The Hall–Kier alpha value is -6.04. The molecule has 244 valence electrons. The third kappa shape index (κ3) is 10.5. The van der Waals surface area contributed by atoms with E-state index in [0.29, 0.717) is 36.0 Å². The molecular weight excluding hydrogens is 596 g/mol. The Kier molecular flexibility index (Phi) is 11.4. The number of rotatable bonds is 14. The van der Waals surface area contributed by atoms with Gasteiger partial charge in [-0.1, -0.05) is 62.4 Å². The molecule has 0 aliphatic heterocycles. The highest BCUT2D eigenvalue weighted by Gasteiger charge is 2.23. The number of carbonyl (C=O) groups excluding carboxylic acids is 2. The van der Waals surface area contributed by atoms with Crippen molar-refractivity contribution in [2.45, 2.75) is 32.4 Å². The lowest BCUT2D eigenvalue weighted by Gasteiger charge is -2.26. The molecule has 4 aromatic carbocycles. The molecule has 4 rings (SSSR count). The first-order valence-electron chi connectivity index (χ1n) is 14.8. The minimum Gasteiger partial charge on any atom is -0.484 e. The van der Waals surface area contributed by atoms with Crippen molar-refractivity contribution in [1.29, 1.82) is 0 Å². The van der Waals surface area contributed by atoms with Gasteiger partial charge in [0, 0.05) is 18.5 Å². The minimum absolute atomic E-state index is 0.0121. The van der Waals surface area contributed by atoms with E-state index in [4.69, 9.17) is 32.4 Å². The molecule has 0 radical (unpaired) electrons. The SMILES string of the molecule is CC(C)(c1ccc(OCC(=O)NCc2ccc(N=C(N)N)cc2)cc1)c1ccc(OCC(=O)NCc2ccc(N=C(N)N)cc2)cc1. The Morgan fingerprint density at radius 3 is 1.23 bits per heavy atom. The van der Waals surface area contributed by atoms with E-state index in [1.807, 2.05) is 72.8 Å². The predicted octanol–water partition coefficient (Wildman–Crippen LogP) is 3.21. The lowest BCUT2D eigenvalue weighted by molar-refractivity contribution is -0.124. The van der Waals surface area contributed by atoms with Crippen LogP contribution < -0.4 is 43.0 Å². The van der Waals surface area contributed by atoms with Crippen molar-refractivity contribution in [3.8, 4) is 11.5 Å². The molecule has 4 aromatic rings. The molecule has 2 amide bonds. The zero-order valence-corrected chi connectivity index (χ0v) is 26.4. The molecule has 0 bridgehead atoms. The zero-order chi connectivity index (χ0) is 33.8. The maximum Gasteiger partial charge on any atom is 0.258 e. The first-order chi connectivity index (χ1) is 22.5. The predicted molar refractivity (Wildman–Crippen MR) is 184 cm³/mol. The first kappa shape index (κ1) is 33.8. The van der Waals surface area contributed by atoms with Gasteiger partial charge < -0.3 is 43.0 Å². The molecule has 0 atom stereocenters. The van der Waals surface area contributed by atoms with Crippen LogP contribution in [0.2, 0.25) is 0 Å². The van der Waals surface area contributed by atoms with Gasteiger partial charge in [0.25, 0.3) is 11.8 Å². The van der Waals surface area contributed by atoms with Crippen molar-refractivity contribution in [2.24, 2.45) is 32.9 Å². The molecule has 0 aromatic heterocycles. The standard InChI is InChI=1S/C35H40N8O4/c1-35(2,25-7-15-29(16-8-25)46-21-31(44)40-19-23-3-11-27(12-4-23)42-33(36)37)26-9-17-30(18-10-26)47-22-32(45)41-20-24-5-13-28(14-6-24)43-34(38)39/h3-18H,19-22H2,1-2H3,(H,40,44)(H,41,45)(H4,36,37,42)(H4,38,39,43). The summed E-state index contributed by atoms with van der Waals surface area (Å²) in [6.07, 6.45) is 0. The number of carbonyl (C=O) groups is 2. The van der Waals surface area contributed by atoms with E-state index in [0.717, 1.165) is 22.3 Å². The molecule has 0 aliphatic carbocycles. The number of hydrogen-bond donors (Lipinski definition) is 6. The summed E-state index contributed by atoms with van der Waals surface area (Å²) in [5.41, 5.74) is 26.5. The lowest BCUT2D eigenvalue weighted by atomic mass is 9.78. The second kappa shape index (κ2) is 15.8. The summed E-state index contributed by atoms with van der Waals surface area (Å²) < 4.78 is 11.4. The Bertz CT molecular complexity index is 1570. The van der Waals surface area contributed by atoms with Crippen molar-refractivity contribution in [3.05, 3.63) is 119 Å². The van der Waals surface area contributed by atoms with Crippen LogP contribution in [0.5, 0.6) is 11.5 Å². The maximum absolute atomic E-state index is 12.3. The number of aliphatic imine (C=N–C) groups is 2. The Labute approximate surface area is 273 Å². The molecule has 47 heavy (non-hydrogen) atoms. The fourth-order valence-corrected chi connectivity index (χ4v) is 4.58. The van der Waals surface area contributed by atoms with Crippen LogP contribution in [0.15, 0.2) is 107 Å². The summed E-state index contributed by atoms with van der Waals surface area (Å²) in [6, 6.07) is 29.8. The van der Waals surface area contributed by atoms with Crippen molar-refractivity contribution in [2.75, 3.05) is 13.2 Å². The summed E-state index contributed by atoms with van der Waals surface area (Å²) in [7, 11) is 0. The van der Waals surface area contributed by atoms with Crippen molar-refractivity contribution < 1.29 is 19.1 Å². The quantitative estimate of drug-likeness (QED) is 0.0893. The van der Waals surface area contributed by atoms with Crippen LogP contribution in [0.3, 0.4) is 0 Å². The van der Waals surface area contributed by atoms with E-state index in [1.165, 1.54) is 0 Å². The average molecular weight is 637 g/mol. The normalized spacial score (nSPS) is 10.8. The highest BCUT2D eigenvalue weighted by Crippen LogP contribution is 2.33. The molecule has 0 spiro atoms.